The van der Waals surface area contributed by atoms with Crippen molar-refractivity contribution in [1.82, 2.24) is 15.3 Å². The molecule has 1 heterocycles. The number of nitrogens with one attached hydrogen (secondary N) is 1. The molecule has 3 rings (SSSR count). The van der Waals surface area contributed by atoms with Crippen LogP contribution in [0.3, 0.4) is 0 Å². The Labute approximate surface area is 209 Å². The Hall–Kier alpha value is -3.07. The first-order chi connectivity index (χ1) is 16.5. The van der Waals surface area contributed by atoms with Crippen molar-refractivity contribution in [3.05, 3.63) is 71.0 Å². The number of fused-ring (bicyclic) bond motifs is 1. The number of aromatic nitrogens is 2. The summed E-state index contributed by atoms with van der Waals surface area (Å²) < 4.78 is 0. The Morgan fingerprint density at radius 1 is 1.11 bits per heavy atom. The third-order valence-corrected chi connectivity index (χ3v) is 6.26. The fraction of sp³-hybridized carbons (Fsp3) is 0.385. The third-order valence-electron chi connectivity index (χ3n) is 5.89. The van der Waals surface area contributed by atoms with E-state index < -0.39 is 35.5 Å². The summed E-state index contributed by atoms with van der Waals surface area (Å²) in [5.74, 6) is -1.76. The van der Waals surface area contributed by atoms with E-state index in [-0.39, 0.29) is 18.5 Å². The monoisotopic (exact) mass is 498 g/mol. The van der Waals surface area contributed by atoms with Gasteiger partial charge < -0.3 is 21.3 Å². The van der Waals surface area contributed by atoms with Crippen molar-refractivity contribution in [3.8, 4) is 0 Å². The van der Waals surface area contributed by atoms with Gasteiger partial charge in [-0.05, 0) is 63.3 Å². The second kappa shape index (κ2) is 11.6. The van der Waals surface area contributed by atoms with Crippen molar-refractivity contribution in [2.75, 3.05) is 0 Å². The number of hydrogen-bond acceptors (Lipinski definition) is 6. The predicted molar refractivity (Wildman–Crippen MR) is 135 cm³/mol. The number of primary amides is 1. The lowest BCUT2D eigenvalue weighted by molar-refractivity contribution is -0.123. The van der Waals surface area contributed by atoms with Gasteiger partial charge in [-0.2, -0.15) is 0 Å². The molecule has 0 aliphatic carbocycles. The number of benzene rings is 2. The van der Waals surface area contributed by atoms with E-state index in [4.69, 9.17) is 17.3 Å². The molecule has 0 fully saturated rings. The van der Waals surface area contributed by atoms with E-state index in [2.05, 4.69) is 15.3 Å². The first-order valence-electron chi connectivity index (χ1n) is 11.5. The molecule has 3 aromatic rings. The molecule has 0 saturated carbocycles. The van der Waals surface area contributed by atoms with Crippen LogP contribution < -0.4 is 11.1 Å². The highest BCUT2D eigenvalue weighted by Crippen LogP contribution is 2.23. The number of carbonyl (C=O) groups is 2. The number of rotatable bonds is 11. The molecule has 0 radical (unpaired) electrons. The van der Waals surface area contributed by atoms with E-state index in [1.54, 1.807) is 44.2 Å². The number of nitrogens with zero attached hydrogens (tertiary/aromatic N) is 2. The number of aliphatic hydroxyl groups excluding tert-OH is 1. The zero-order chi connectivity index (χ0) is 25.6. The van der Waals surface area contributed by atoms with Crippen LogP contribution in [0, 0.1) is 5.92 Å². The Balaban J connectivity index is 1.82. The zero-order valence-electron chi connectivity index (χ0n) is 19.8. The van der Waals surface area contributed by atoms with Gasteiger partial charge in [-0.15, -0.1) is 0 Å². The van der Waals surface area contributed by atoms with Crippen molar-refractivity contribution in [1.29, 1.82) is 0 Å². The van der Waals surface area contributed by atoms with Gasteiger partial charge in [-0.25, -0.2) is 4.98 Å². The topological polar surface area (TPSA) is 138 Å². The second-order valence-electron chi connectivity index (χ2n) is 9.37. The molecule has 8 nitrogen and oxygen atoms in total. The molecular formula is C26H31ClN4O4. The minimum absolute atomic E-state index is 0.0181. The number of carbonyl (C=O) groups excluding carboxylic acids is 2. The van der Waals surface area contributed by atoms with Gasteiger partial charge in [0.25, 0.3) is 5.91 Å². The first-order valence-corrected chi connectivity index (χ1v) is 11.9. The van der Waals surface area contributed by atoms with Gasteiger partial charge in [-0.3, -0.25) is 14.6 Å². The average Bonchev–Trinajstić information content (AvgIpc) is 2.81. The Kier molecular flexibility index (Phi) is 8.77. The second-order valence-corrected chi connectivity index (χ2v) is 9.78. The van der Waals surface area contributed by atoms with Gasteiger partial charge in [0.15, 0.2) is 0 Å². The number of hydrogen-bond donors (Lipinski definition) is 4. The van der Waals surface area contributed by atoms with Crippen LogP contribution in [-0.2, 0) is 11.2 Å². The maximum absolute atomic E-state index is 13.1. The van der Waals surface area contributed by atoms with E-state index in [1.165, 1.54) is 6.20 Å². The van der Waals surface area contributed by atoms with Crippen molar-refractivity contribution in [2.24, 2.45) is 11.7 Å². The summed E-state index contributed by atoms with van der Waals surface area (Å²) in [7, 11) is 0. The quantitative estimate of drug-likeness (QED) is 0.320. The van der Waals surface area contributed by atoms with E-state index >= 15 is 0 Å². The van der Waals surface area contributed by atoms with Crippen LogP contribution in [0.1, 0.15) is 49.2 Å². The first kappa shape index (κ1) is 26.5. The highest BCUT2D eigenvalue weighted by molar-refractivity contribution is 6.31. The lowest BCUT2D eigenvalue weighted by Gasteiger charge is -2.28. The van der Waals surface area contributed by atoms with E-state index in [9.17, 15) is 19.8 Å². The number of nitrogens with two attached hydrogens (primary N) is 1. The zero-order valence-corrected chi connectivity index (χ0v) is 20.6. The standard InChI is InChI=1S/C26H31ClN4O4/c1-26(2,35)12-11-17(24(28)33)14-23(32)21(13-16-7-3-4-8-18(16)27)31-25(34)22-15-29-19-9-5-6-10-20(19)30-22/h3-10,15,17,21,23,32,35H,11-14H2,1-2H3,(H2,28,33)(H,31,34)/t17-,21+,23+/m1/s1. The molecule has 0 spiro atoms. The van der Waals surface area contributed by atoms with Crippen LogP contribution in [0.4, 0.5) is 0 Å². The number of amides is 2. The Bertz CT molecular complexity index is 1180. The summed E-state index contributed by atoms with van der Waals surface area (Å²) in [5, 5.41) is 24.5. The van der Waals surface area contributed by atoms with Gasteiger partial charge in [-0.1, -0.05) is 41.9 Å². The molecule has 2 amide bonds. The molecular weight excluding hydrogens is 468 g/mol. The lowest BCUT2D eigenvalue weighted by Crippen LogP contribution is -2.46. The predicted octanol–water partition coefficient (Wildman–Crippen LogP) is 3.03. The summed E-state index contributed by atoms with van der Waals surface area (Å²) in [4.78, 5) is 33.8. The molecule has 3 atom stereocenters. The van der Waals surface area contributed by atoms with Gasteiger partial charge in [0.2, 0.25) is 5.91 Å². The van der Waals surface area contributed by atoms with Crippen molar-refractivity contribution >= 4 is 34.4 Å². The average molecular weight is 499 g/mol. The van der Waals surface area contributed by atoms with Gasteiger partial charge >= 0.3 is 0 Å². The summed E-state index contributed by atoms with van der Waals surface area (Å²) in [6.07, 6.45) is 1.16. The molecule has 2 aromatic carbocycles. The van der Waals surface area contributed by atoms with Crippen LogP contribution in [0.5, 0.6) is 0 Å². The molecule has 9 heteroatoms. The van der Waals surface area contributed by atoms with Crippen molar-refractivity contribution in [3.63, 3.8) is 0 Å². The molecule has 0 unspecified atom stereocenters. The smallest absolute Gasteiger partial charge is 0.271 e. The molecule has 5 N–H and O–H groups in total. The fourth-order valence-corrected chi connectivity index (χ4v) is 4.07. The van der Waals surface area contributed by atoms with Crippen LogP contribution in [-0.4, -0.2) is 49.7 Å². The van der Waals surface area contributed by atoms with Crippen LogP contribution in [0.15, 0.2) is 54.7 Å². The van der Waals surface area contributed by atoms with Crippen LogP contribution in [0.2, 0.25) is 5.02 Å². The number of halogens is 1. The molecule has 1 aromatic heterocycles. The van der Waals surface area contributed by atoms with Crippen molar-refractivity contribution in [2.45, 2.75) is 57.3 Å². The van der Waals surface area contributed by atoms with Gasteiger partial charge in [0.05, 0.1) is 35.0 Å². The molecule has 0 saturated heterocycles. The molecule has 35 heavy (non-hydrogen) atoms. The normalized spacial score (nSPS) is 14.3. The summed E-state index contributed by atoms with van der Waals surface area (Å²) in [6.45, 7) is 3.29. The summed E-state index contributed by atoms with van der Waals surface area (Å²) in [6, 6.07) is 13.6. The Morgan fingerprint density at radius 2 is 1.77 bits per heavy atom. The summed E-state index contributed by atoms with van der Waals surface area (Å²) in [5.41, 5.74) is 6.67. The molecule has 0 bridgehead atoms. The van der Waals surface area contributed by atoms with Crippen molar-refractivity contribution < 1.29 is 19.8 Å². The number of aliphatic hydroxyl groups is 2. The van der Waals surface area contributed by atoms with Crippen LogP contribution >= 0.6 is 11.6 Å². The highest BCUT2D eigenvalue weighted by Gasteiger charge is 2.29. The SMILES string of the molecule is CC(C)(O)CC[C@H](C[C@H](O)[C@H](Cc1ccccc1Cl)NC(=O)c1cnc2ccccc2n1)C(N)=O. The fourth-order valence-electron chi connectivity index (χ4n) is 3.85. The van der Waals surface area contributed by atoms with Gasteiger partial charge in [0, 0.05) is 10.9 Å². The summed E-state index contributed by atoms with van der Waals surface area (Å²) >= 11 is 6.33. The van der Waals surface area contributed by atoms with Crippen LogP contribution in [0.25, 0.3) is 11.0 Å². The molecule has 0 aliphatic rings. The van der Waals surface area contributed by atoms with E-state index in [1.807, 2.05) is 18.2 Å². The maximum Gasteiger partial charge on any atom is 0.271 e. The van der Waals surface area contributed by atoms with Gasteiger partial charge in [0.1, 0.15) is 5.69 Å². The largest absolute Gasteiger partial charge is 0.391 e. The maximum atomic E-state index is 13.1. The highest BCUT2D eigenvalue weighted by atomic mass is 35.5. The number of para-hydroxylation sites is 2. The van der Waals surface area contributed by atoms with E-state index in [0.717, 1.165) is 5.56 Å². The molecule has 0 aliphatic heterocycles. The molecule has 186 valence electrons. The Morgan fingerprint density at radius 3 is 2.43 bits per heavy atom. The third kappa shape index (κ3) is 7.71. The minimum Gasteiger partial charge on any atom is -0.391 e. The van der Waals surface area contributed by atoms with E-state index in [0.29, 0.717) is 28.9 Å². The minimum atomic E-state index is -1.11. The lowest BCUT2D eigenvalue weighted by atomic mass is 9.87.